The predicted octanol–water partition coefficient (Wildman–Crippen LogP) is 1.82. The third kappa shape index (κ3) is 6.89. The molecular formula is C11H23NO2. The molecule has 84 valence electrons. The Kier molecular flexibility index (Phi) is 6.54. The zero-order chi connectivity index (χ0) is 11.1. The number of hydrogen-bond donors (Lipinski definition) is 1. The number of carbonyl (C=O) groups is 1. The van der Waals surface area contributed by atoms with Crippen LogP contribution in [0.5, 0.6) is 0 Å². The Morgan fingerprint density at radius 3 is 2.21 bits per heavy atom. The number of rotatable bonds is 6. The zero-order valence-corrected chi connectivity index (χ0v) is 9.96. The molecule has 0 spiro atoms. The summed E-state index contributed by atoms with van der Waals surface area (Å²) in [5, 5.41) is 3.10. The number of hydrogen-bond acceptors (Lipinski definition) is 3. The third-order valence-electron chi connectivity index (χ3n) is 2.24. The summed E-state index contributed by atoms with van der Waals surface area (Å²) in [6.45, 7) is 11.4. The molecule has 1 unspecified atom stereocenters. The monoisotopic (exact) mass is 201 g/mol. The average Bonchev–Trinajstić information content (AvgIpc) is 2.02. The lowest BCUT2D eigenvalue weighted by molar-refractivity contribution is -0.146. The van der Waals surface area contributed by atoms with Crippen molar-refractivity contribution in [3.05, 3.63) is 0 Å². The van der Waals surface area contributed by atoms with Crippen molar-refractivity contribution in [2.45, 2.75) is 40.7 Å². The molecule has 14 heavy (non-hydrogen) atoms. The molecule has 0 aromatic heterocycles. The summed E-state index contributed by atoms with van der Waals surface area (Å²) in [6.07, 6.45) is -0.0215. The topological polar surface area (TPSA) is 38.3 Å². The van der Waals surface area contributed by atoms with E-state index in [1.807, 2.05) is 13.8 Å². The second-order valence-corrected chi connectivity index (χ2v) is 4.39. The molecule has 0 aromatic rings. The van der Waals surface area contributed by atoms with Gasteiger partial charge in [0.05, 0.1) is 12.6 Å². The van der Waals surface area contributed by atoms with Crippen molar-refractivity contribution in [1.29, 1.82) is 0 Å². The summed E-state index contributed by atoms with van der Waals surface area (Å²) in [5.41, 5.74) is 0. The van der Waals surface area contributed by atoms with Gasteiger partial charge < -0.3 is 10.1 Å². The minimum atomic E-state index is -0.170. The maximum atomic E-state index is 11.1. The minimum absolute atomic E-state index is 0.0215. The second-order valence-electron chi connectivity index (χ2n) is 4.39. The molecule has 0 heterocycles. The lowest BCUT2D eigenvalue weighted by Gasteiger charge is -2.16. The molecule has 0 saturated carbocycles. The fourth-order valence-electron chi connectivity index (χ4n) is 0.942. The van der Waals surface area contributed by atoms with Crippen LogP contribution in [-0.2, 0) is 9.53 Å². The van der Waals surface area contributed by atoms with Crippen molar-refractivity contribution >= 4 is 5.97 Å². The molecule has 0 aromatic carbocycles. The van der Waals surface area contributed by atoms with E-state index in [1.165, 1.54) is 0 Å². The fourth-order valence-corrected chi connectivity index (χ4v) is 0.942. The highest BCUT2D eigenvalue weighted by atomic mass is 16.5. The molecule has 0 fully saturated rings. The van der Waals surface area contributed by atoms with Gasteiger partial charge in [0, 0.05) is 0 Å². The Morgan fingerprint density at radius 2 is 1.79 bits per heavy atom. The summed E-state index contributed by atoms with van der Waals surface area (Å²) >= 11 is 0. The van der Waals surface area contributed by atoms with E-state index in [0.717, 1.165) is 6.54 Å². The van der Waals surface area contributed by atoms with Crippen molar-refractivity contribution < 1.29 is 9.53 Å². The first-order chi connectivity index (χ1) is 6.43. The third-order valence-corrected chi connectivity index (χ3v) is 2.24. The van der Waals surface area contributed by atoms with Gasteiger partial charge in [0.2, 0.25) is 0 Å². The maximum Gasteiger partial charge on any atom is 0.320 e. The van der Waals surface area contributed by atoms with Crippen molar-refractivity contribution in [2.24, 2.45) is 11.8 Å². The first-order valence-corrected chi connectivity index (χ1v) is 5.33. The number of carbonyl (C=O) groups excluding carboxylic acids is 1. The van der Waals surface area contributed by atoms with Crippen LogP contribution in [0, 0.1) is 11.8 Å². The van der Waals surface area contributed by atoms with Gasteiger partial charge in [0.1, 0.15) is 0 Å². The van der Waals surface area contributed by atoms with E-state index in [4.69, 9.17) is 4.74 Å². The quantitative estimate of drug-likeness (QED) is 0.666. The smallest absolute Gasteiger partial charge is 0.320 e. The van der Waals surface area contributed by atoms with Gasteiger partial charge in [-0.05, 0) is 32.2 Å². The summed E-state index contributed by atoms with van der Waals surface area (Å²) in [5.74, 6) is 1.06. The van der Waals surface area contributed by atoms with Crippen LogP contribution in [0.2, 0.25) is 0 Å². The van der Waals surface area contributed by atoms with Gasteiger partial charge in [0.25, 0.3) is 0 Å². The number of ether oxygens (including phenoxy) is 1. The molecule has 0 aliphatic heterocycles. The van der Waals surface area contributed by atoms with Gasteiger partial charge in [0.15, 0.2) is 0 Å². The molecule has 1 N–H and O–H groups in total. The van der Waals surface area contributed by atoms with Gasteiger partial charge in [-0.15, -0.1) is 0 Å². The molecular weight excluding hydrogens is 178 g/mol. The second kappa shape index (κ2) is 6.82. The molecule has 0 aliphatic carbocycles. The van der Waals surface area contributed by atoms with E-state index in [-0.39, 0.29) is 12.1 Å². The normalized spacial score (nSPS) is 13.4. The highest BCUT2D eigenvalue weighted by Crippen LogP contribution is 2.07. The van der Waals surface area contributed by atoms with Crippen LogP contribution in [0.3, 0.4) is 0 Å². The van der Waals surface area contributed by atoms with E-state index < -0.39 is 0 Å². The number of nitrogens with one attached hydrogen (secondary N) is 1. The average molecular weight is 201 g/mol. The molecule has 3 heteroatoms. The highest BCUT2D eigenvalue weighted by molar-refractivity contribution is 5.71. The molecule has 0 bridgehead atoms. The lowest BCUT2D eigenvalue weighted by atomic mass is 9.98. The Hall–Kier alpha value is -0.570. The first-order valence-electron chi connectivity index (χ1n) is 5.33. The standard InChI is InChI=1S/C11H23NO2/c1-8(2)10(5)6-12-7-11(13)14-9(3)4/h8-10,12H,6-7H2,1-5H3. The summed E-state index contributed by atoms with van der Waals surface area (Å²) < 4.78 is 4.99. The molecule has 3 nitrogen and oxygen atoms in total. The maximum absolute atomic E-state index is 11.1. The van der Waals surface area contributed by atoms with Gasteiger partial charge in [-0.2, -0.15) is 0 Å². The SMILES string of the molecule is CC(C)OC(=O)CNCC(C)C(C)C. The lowest BCUT2D eigenvalue weighted by Crippen LogP contribution is -2.31. The van der Waals surface area contributed by atoms with E-state index in [0.29, 0.717) is 18.4 Å². The Labute approximate surface area is 87.2 Å². The Bertz CT molecular complexity index is 167. The van der Waals surface area contributed by atoms with E-state index in [1.54, 1.807) is 0 Å². The molecule has 0 rings (SSSR count). The first kappa shape index (κ1) is 13.4. The fraction of sp³-hybridized carbons (Fsp3) is 0.909. The largest absolute Gasteiger partial charge is 0.462 e. The predicted molar refractivity (Wildman–Crippen MR) is 58.1 cm³/mol. The van der Waals surface area contributed by atoms with Crippen LogP contribution in [-0.4, -0.2) is 25.2 Å². The van der Waals surface area contributed by atoms with Crippen molar-refractivity contribution in [3.63, 3.8) is 0 Å². The highest BCUT2D eigenvalue weighted by Gasteiger charge is 2.08. The summed E-state index contributed by atoms with van der Waals surface area (Å²) in [6, 6.07) is 0. The minimum Gasteiger partial charge on any atom is -0.462 e. The van der Waals surface area contributed by atoms with E-state index >= 15 is 0 Å². The van der Waals surface area contributed by atoms with Gasteiger partial charge in [-0.25, -0.2) is 0 Å². The Morgan fingerprint density at radius 1 is 1.21 bits per heavy atom. The van der Waals surface area contributed by atoms with Crippen LogP contribution < -0.4 is 5.32 Å². The molecule has 1 atom stereocenters. The van der Waals surface area contributed by atoms with Crippen molar-refractivity contribution in [1.82, 2.24) is 5.32 Å². The molecule has 0 radical (unpaired) electrons. The molecule has 0 aliphatic rings. The van der Waals surface area contributed by atoms with Gasteiger partial charge in [-0.3, -0.25) is 4.79 Å². The van der Waals surface area contributed by atoms with Gasteiger partial charge >= 0.3 is 5.97 Å². The molecule has 0 saturated heterocycles. The van der Waals surface area contributed by atoms with Gasteiger partial charge in [-0.1, -0.05) is 20.8 Å². The molecule has 0 amide bonds. The summed E-state index contributed by atoms with van der Waals surface area (Å²) in [4.78, 5) is 11.1. The van der Waals surface area contributed by atoms with Crippen molar-refractivity contribution in [2.75, 3.05) is 13.1 Å². The van der Waals surface area contributed by atoms with Crippen LogP contribution in [0.25, 0.3) is 0 Å². The van der Waals surface area contributed by atoms with E-state index in [9.17, 15) is 4.79 Å². The Balaban J connectivity index is 3.49. The van der Waals surface area contributed by atoms with Crippen LogP contribution in [0.1, 0.15) is 34.6 Å². The summed E-state index contributed by atoms with van der Waals surface area (Å²) in [7, 11) is 0. The van der Waals surface area contributed by atoms with Crippen LogP contribution >= 0.6 is 0 Å². The zero-order valence-electron chi connectivity index (χ0n) is 9.96. The van der Waals surface area contributed by atoms with Crippen LogP contribution in [0.15, 0.2) is 0 Å². The van der Waals surface area contributed by atoms with E-state index in [2.05, 4.69) is 26.1 Å². The van der Waals surface area contributed by atoms with Crippen LogP contribution in [0.4, 0.5) is 0 Å². The van der Waals surface area contributed by atoms with Crippen molar-refractivity contribution in [3.8, 4) is 0 Å². The number of esters is 1.